The predicted octanol–water partition coefficient (Wildman–Crippen LogP) is 3.39. The Kier molecular flexibility index (Phi) is 5.25. The molecule has 0 bridgehead atoms. The summed E-state index contributed by atoms with van der Waals surface area (Å²) in [5, 5.41) is 12.2. The van der Waals surface area contributed by atoms with Crippen molar-refractivity contribution in [1.29, 1.82) is 5.41 Å². The highest BCUT2D eigenvalue weighted by Gasteiger charge is 2.26. The number of hydrogen-bond acceptors (Lipinski definition) is 6. The quantitative estimate of drug-likeness (QED) is 0.704. The summed E-state index contributed by atoms with van der Waals surface area (Å²) in [6, 6.07) is 9.67. The molecule has 1 aromatic carbocycles. The van der Waals surface area contributed by atoms with Crippen molar-refractivity contribution in [3.05, 3.63) is 64.1 Å². The molecule has 7 nitrogen and oxygen atoms in total. The van der Waals surface area contributed by atoms with Crippen molar-refractivity contribution in [2.45, 2.75) is 19.9 Å². The number of aliphatic imine (C=N–C) groups is 1. The van der Waals surface area contributed by atoms with Gasteiger partial charge in [-0.05, 0) is 19.9 Å². The molecule has 3 heterocycles. The fourth-order valence-corrected chi connectivity index (χ4v) is 3.75. The van der Waals surface area contributed by atoms with E-state index < -0.39 is 0 Å². The number of nitrogens with zero attached hydrogens (tertiary/aromatic N) is 3. The van der Waals surface area contributed by atoms with Crippen LogP contribution in [0, 0.1) is 5.41 Å². The van der Waals surface area contributed by atoms with Gasteiger partial charge in [0.2, 0.25) is 0 Å². The minimum atomic E-state index is 0.139. The first-order chi connectivity index (χ1) is 14.0. The zero-order valence-corrected chi connectivity index (χ0v) is 17.1. The molecule has 1 aromatic heterocycles. The molecule has 1 saturated heterocycles. The highest BCUT2D eigenvalue weighted by molar-refractivity contribution is 6.36. The molecule has 0 radical (unpaired) electrons. The third-order valence-corrected chi connectivity index (χ3v) is 5.36. The third kappa shape index (κ3) is 3.71. The van der Waals surface area contributed by atoms with Crippen LogP contribution in [0.15, 0.2) is 52.9 Å². The van der Waals surface area contributed by atoms with Gasteiger partial charge < -0.3 is 20.7 Å². The van der Waals surface area contributed by atoms with Crippen LogP contribution in [-0.4, -0.2) is 42.3 Å². The van der Waals surface area contributed by atoms with Crippen LogP contribution in [0.4, 0.5) is 11.5 Å². The molecule has 2 aromatic rings. The van der Waals surface area contributed by atoms with Crippen LogP contribution in [0.25, 0.3) is 0 Å². The number of amidine groups is 1. The Morgan fingerprint density at radius 3 is 2.86 bits per heavy atom. The average Bonchev–Trinajstić information content (AvgIpc) is 2.84. The van der Waals surface area contributed by atoms with Gasteiger partial charge >= 0.3 is 0 Å². The molecule has 0 amide bonds. The van der Waals surface area contributed by atoms with Crippen molar-refractivity contribution in [3.8, 4) is 0 Å². The zero-order valence-electron chi connectivity index (χ0n) is 16.4. The Morgan fingerprint density at radius 1 is 1.34 bits per heavy atom. The number of morpholine rings is 1. The summed E-state index contributed by atoms with van der Waals surface area (Å²) in [5.41, 5.74) is 9.78. The molecule has 1 fully saturated rings. The van der Waals surface area contributed by atoms with Gasteiger partial charge in [0.05, 0.1) is 30.7 Å². The second-order valence-corrected chi connectivity index (χ2v) is 7.58. The SMILES string of the molecule is C/C(N)=C1\N=C(c2ccccc2Cl)c2cnc(N3CCOC[C@@H]3C)cc2NC1=N. The maximum absolute atomic E-state index is 8.46. The Balaban J connectivity index is 1.87. The average molecular weight is 411 g/mol. The number of benzene rings is 1. The van der Waals surface area contributed by atoms with E-state index in [1.165, 1.54) is 0 Å². The van der Waals surface area contributed by atoms with E-state index in [-0.39, 0.29) is 11.9 Å². The van der Waals surface area contributed by atoms with E-state index in [1.807, 2.05) is 30.3 Å². The summed E-state index contributed by atoms with van der Waals surface area (Å²) in [5.74, 6) is 0.968. The summed E-state index contributed by atoms with van der Waals surface area (Å²) >= 11 is 6.47. The number of nitrogens with two attached hydrogens (primary N) is 1. The number of halogens is 1. The largest absolute Gasteiger partial charge is 0.400 e. The van der Waals surface area contributed by atoms with Gasteiger partial charge in [-0.3, -0.25) is 5.41 Å². The molecule has 4 rings (SSSR count). The van der Waals surface area contributed by atoms with Crippen LogP contribution in [0.3, 0.4) is 0 Å². The summed E-state index contributed by atoms with van der Waals surface area (Å²) in [4.78, 5) is 11.6. The Morgan fingerprint density at radius 2 is 2.14 bits per heavy atom. The van der Waals surface area contributed by atoms with E-state index in [1.54, 1.807) is 13.1 Å². The molecule has 4 N–H and O–H groups in total. The first-order valence-electron chi connectivity index (χ1n) is 9.46. The number of anilines is 2. The van der Waals surface area contributed by atoms with Crippen LogP contribution < -0.4 is 16.0 Å². The zero-order chi connectivity index (χ0) is 20.5. The van der Waals surface area contributed by atoms with Crippen LogP contribution in [0.2, 0.25) is 5.02 Å². The first kappa shape index (κ1) is 19.4. The number of nitrogens with one attached hydrogen (secondary N) is 2. The minimum Gasteiger partial charge on any atom is -0.400 e. The topological polar surface area (TPSA) is 99.6 Å². The van der Waals surface area contributed by atoms with Gasteiger partial charge in [-0.25, -0.2) is 9.98 Å². The van der Waals surface area contributed by atoms with Gasteiger partial charge in [0.15, 0.2) is 5.84 Å². The summed E-state index contributed by atoms with van der Waals surface area (Å²) < 4.78 is 5.54. The number of rotatable bonds is 2. The van der Waals surface area contributed by atoms with Crippen LogP contribution >= 0.6 is 11.6 Å². The normalized spacial score (nSPS) is 21.1. The molecule has 0 spiro atoms. The summed E-state index contributed by atoms with van der Waals surface area (Å²) in [6.07, 6.45) is 1.78. The molecule has 0 unspecified atom stereocenters. The molecule has 0 saturated carbocycles. The van der Waals surface area contributed by atoms with Gasteiger partial charge in [-0.15, -0.1) is 0 Å². The van der Waals surface area contributed by atoms with Gasteiger partial charge in [0.25, 0.3) is 0 Å². The highest BCUT2D eigenvalue weighted by atomic mass is 35.5. The number of hydrogen-bond donors (Lipinski definition) is 3. The second kappa shape index (κ2) is 7.85. The molecule has 0 aliphatic carbocycles. The van der Waals surface area contributed by atoms with Crippen molar-refractivity contribution in [3.63, 3.8) is 0 Å². The lowest BCUT2D eigenvalue weighted by molar-refractivity contribution is 0.0985. The molecule has 1 atom stereocenters. The lowest BCUT2D eigenvalue weighted by atomic mass is 10.0. The third-order valence-electron chi connectivity index (χ3n) is 5.03. The highest BCUT2D eigenvalue weighted by Crippen LogP contribution is 2.31. The van der Waals surface area contributed by atoms with Crippen molar-refractivity contribution in [1.82, 2.24) is 4.98 Å². The van der Waals surface area contributed by atoms with Crippen molar-refractivity contribution in [2.75, 3.05) is 30.0 Å². The van der Waals surface area contributed by atoms with Crippen molar-refractivity contribution in [2.24, 2.45) is 10.7 Å². The second-order valence-electron chi connectivity index (χ2n) is 7.18. The van der Waals surface area contributed by atoms with E-state index in [0.717, 1.165) is 29.2 Å². The molecule has 150 valence electrons. The van der Waals surface area contributed by atoms with E-state index in [2.05, 4.69) is 17.1 Å². The van der Waals surface area contributed by atoms with Gasteiger partial charge in [0, 0.05) is 40.7 Å². The van der Waals surface area contributed by atoms with Gasteiger partial charge in [-0.1, -0.05) is 29.8 Å². The number of fused-ring (bicyclic) bond motifs is 1. The molecule has 29 heavy (non-hydrogen) atoms. The number of allylic oxidation sites excluding steroid dienone is 1. The van der Waals surface area contributed by atoms with Gasteiger partial charge in [-0.2, -0.15) is 0 Å². The lowest BCUT2D eigenvalue weighted by Gasteiger charge is -2.34. The molecular formula is C21H23ClN6O. The van der Waals surface area contributed by atoms with E-state index in [0.29, 0.717) is 35.3 Å². The van der Waals surface area contributed by atoms with Crippen LogP contribution in [0.1, 0.15) is 25.0 Å². The standard InChI is InChI=1S/C21H23ClN6O/c1-12-11-29-8-7-28(12)18-9-17-15(10-25-18)20(14-5-3-4-6-16(14)22)27-19(13(2)23)21(24)26-17/h3-6,9-10,12H,7-8,11,23H2,1-2H3,(H2,24,26)/b19-13+/t12-/m0/s1. The molecule has 8 heteroatoms. The predicted molar refractivity (Wildman–Crippen MR) is 117 cm³/mol. The van der Waals surface area contributed by atoms with Crippen molar-refractivity contribution < 1.29 is 4.74 Å². The van der Waals surface area contributed by atoms with E-state index in [9.17, 15) is 0 Å². The fourth-order valence-electron chi connectivity index (χ4n) is 3.53. The molecule has 2 aliphatic heterocycles. The number of pyridine rings is 1. The van der Waals surface area contributed by atoms with Gasteiger partial charge in [0.1, 0.15) is 11.5 Å². The lowest BCUT2D eigenvalue weighted by Crippen LogP contribution is -2.44. The Bertz CT molecular complexity index is 1030. The first-order valence-corrected chi connectivity index (χ1v) is 9.84. The van der Waals surface area contributed by atoms with Crippen molar-refractivity contribution >= 4 is 34.7 Å². The van der Waals surface area contributed by atoms with E-state index in [4.69, 9.17) is 37.5 Å². The van der Waals surface area contributed by atoms with E-state index >= 15 is 0 Å². The fraction of sp³-hybridized carbons (Fsp3) is 0.286. The smallest absolute Gasteiger partial charge is 0.150 e. The summed E-state index contributed by atoms with van der Waals surface area (Å²) in [7, 11) is 0. The Hall–Kier alpha value is -2.90. The summed E-state index contributed by atoms with van der Waals surface area (Å²) in [6.45, 7) is 5.93. The number of ether oxygens (including phenoxy) is 1. The molecular weight excluding hydrogens is 388 g/mol. The number of aromatic nitrogens is 1. The maximum atomic E-state index is 8.46. The monoisotopic (exact) mass is 410 g/mol. The minimum absolute atomic E-state index is 0.139. The molecule has 2 aliphatic rings. The van der Waals surface area contributed by atoms with Crippen LogP contribution in [-0.2, 0) is 4.74 Å². The maximum Gasteiger partial charge on any atom is 0.150 e. The Labute approximate surface area is 174 Å². The van der Waals surface area contributed by atoms with Crippen LogP contribution in [0.5, 0.6) is 0 Å².